The van der Waals surface area contributed by atoms with Gasteiger partial charge in [-0.1, -0.05) is 13.8 Å². The minimum absolute atomic E-state index is 0.126. The van der Waals surface area contributed by atoms with Crippen LogP contribution in [0.3, 0.4) is 0 Å². The van der Waals surface area contributed by atoms with Gasteiger partial charge in [0.1, 0.15) is 5.82 Å². The SMILES string of the molecule is CCN(CC)CCNC(=O)c1ccc(/C=C2\C(=O)Nc3ccc(F)cc32)s1. The van der Waals surface area contributed by atoms with Crippen LogP contribution in [0.25, 0.3) is 11.6 Å². The number of thiophene rings is 1. The normalized spacial score (nSPS) is 14.5. The largest absolute Gasteiger partial charge is 0.350 e. The van der Waals surface area contributed by atoms with E-state index in [1.807, 2.05) is 0 Å². The van der Waals surface area contributed by atoms with Crippen molar-refractivity contribution in [2.24, 2.45) is 0 Å². The van der Waals surface area contributed by atoms with Gasteiger partial charge < -0.3 is 15.5 Å². The van der Waals surface area contributed by atoms with Gasteiger partial charge in [0.25, 0.3) is 11.8 Å². The Morgan fingerprint density at radius 1 is 1.26 bits per heavy atom. The highest BCUT2D eigenvalue weighted by Gasteiger charge is 2.24. The van der Waals surface area contributed by atoms with Crippen LogP contribution in [0.2, 0.25) is 0 Å². The zero-order chi connectivity index (χ0) is 19.4. The highest BCUT2D eigenvalue weighted by atomic mass is 32.1. The van der Waals surface area contributed by atoms with Gasteiger partial charge in [-0.2, -0.15) is 0 Å². The maximum absolute atomic E-state index is 13.5. The first-order chi connectivity index (χ1) is 13.0. The quantitative estimate of drug-likeness (QED) is 0.716. The van der Waals surface area contributed by atoms with Crippen LogP contribution in [0.1, 0.15) is 34.0 Å². The summed E-state index contributed by atoms with van der Waals surface area (Å²) in [6, 6.07) is 7.73. The summed E-state index contributed by atoms with van der Waals surface area (Å²) >= 11 is 1.30. The zero-order valence-corrected chi connectivity index (χ0v) is 16.2. The van der Waals surface area contributed by atoms with Crippen LogP contribution < -0.4 is 10.6 Å². The Labute approximate surface area is 161 Å². The third-order valence-electron chi connectivity index (χ3n) is 4.51. The lowest BCUT2D eigenvalue weighted by Crippen LogP contribution is -2.34. The van der Waals surface area contributed by atoms with E-state index in [0.717, 1.165) is 24.5 Å². The predicted octanol–water partition coefficient (Wildman–Crippen LogP) is 3.45. The first-order valence-corrected chi connectivity index (χ1v) is 9.76. The van der Waals surface area contributed by atoms with Gasteiger partial charge in [0.2, 0.25) is 0 Å². The molecule has 2 amide bonds. The number of amides is 2. The van der Waals surface area contributed by atoms with E-state index in [2.05, 4.69) is 29.4 Å². The molecule has 0 radical (unpaired) electrons. The van der Waals surface area contributed by atoms with Crippen LogP contribution in [0.4, 0.5) is 10.1 Å². The highest BCUT2D eigenvalue weighted by Crippen LogP contribution is 2.34. The Morgan fingerprint density at radius 2 is 2.04 bits per heavy atom. The topological polar surface area (TPSA) is 61.4 Å². The maximum Gasteiger partial charge on any atom is 0.261 e. The smallest absolute Gasteiger partial charge is 0.261 e. The Morgan fingerprint density at radius 3 is 2.78 bits per heavy atom. The van der Waals surface area contributed by atoms with Crippen molar-refractivity contribution in [3.05, 3.63) is 51.5 Å². The van der Waals surface area contributed by atoms with Gasteiger partial charge in [0.05, 0.1) is 10.5 Å². The van der Waals surface area contributed by atoms with Gasteiger partial charge in [0, 0.05) is 29.2 Å². The van der Waals surface area contributed by atoms with Crippen molar-refractivity contribution >= 4 is 40.5 Å². The van der Waals surface area contributed by atoms with Crippen LogP contribution in [0.15, 0.2) is 30.3 Å². The van der Waals surface area contributed by atoms with Gasteiger partial charge in [-0.25, -0.2) is 4.39 Å². The summed E-state index contributed by atoms with van der Waals surface area (Å²) in [5, 5.41) is 5.64. The molecule has 2 aromatic rings. The van der Waals surface area contributed by atoms with Crippen LogP contribution in [0.5, 0.6) is 0 Å². The van der Waals surface area contributed by atoms with Crippen LogP contribution in [-0.2, 0) is 4.79 Å². The minimum atomic E-state index is -0.393. The van der Waals surface area contributed by atoms with E-state index < -0.39 is 5.82 Å². The third kappa shape index (κ3) is 4.43. The molecule has 0 saturated carbocycles. The van der Waals surface area contributed by atoms with Gasteiger partial charge in [0.15, 0.2) is 0 Å². The third-order valence-corrected chi connectivity index (χ3v) is 5.54. The molecule has 3 rings (SSSR count). The molecule has 1 aromatic heterocycles. The number of hydrogen-bond acceptors (Lipinski definition) is 4. The van der Waals surface area contributed by atoms with E-state index >= 15 is 0 Å². The second-order valence-corrected chi connectivity index (χ2v) is 7.30. The summed E-state index contributed by atoms with van der Waals surface area (Å²) in [5.74, 6) is -0.788. The molecule has 1 aliphatic rings. The summed E-state index contributed by atoms with van der Waals surface area (Å²) in [5.41, 5.74) is 1.54. The number of halogens is 1. The van der Waals surface area contributed by atoms with E-state index in [1.165, 1.54) is 23.5 Å². The van der Waals surface area contributed by atoms with Crippen LogP contribution in [-0.4, -0.2) is 42.9 Å². The number of nitrogens with zero attached hydrogens (tertiary/aromatic N) is 1. The first kappa shape index (κ1) is 19.3. The predicted molar refractivity (Wildman–Crippen MR) is 107 cm³/mol. The molecule has 0 aliphatic carbocycles. The number of carbonyl (C=O) groups excluding carboxylic acids is 2. The van der Waals surface area contributed by atoms with E-state index in [4.69, 9.17) is 0 Å². The molecule has 0 bridgehead atoms. The standard InChI is InChI=1S/C20H22FN3O2S/c1-3-24(4-2)10-9-22-20(26)18-8-6-14(27-18)12-16-15-11-13(21)5-7-17(15)23-19(16)25/h5-8,11-12H,3-4,9-10H2,1-2H3,(H,22,26)(H,23,25)/b16-12-. The Hall–Kier alpha value is -2.51. The summed E-state index contributed by atoms with van der Waals surface area (Å²) in [6.45, 7) is 7.48. The van der Waals surface area contributed by atoms with Crippen LogP contribution >= 0.6 is 11.3 Å². The number of rotatable bonds is 7. The molecule has 0 fully saturated rings. The van der Waals surface area contributed by atoms with Crippen molar-refractivity contribution < 1.29 is 14.0 Å². The molecular formula is C20H22FN3O2S. The van der Waals surface area contributed by atoms with Gasteiger partial charge in [-0.15, -0.1) is 11.3 Å². The molecule has 7 heteroatoms. The van der Waals surface area contributed by atoms with Crippen molar-refractivity contribution in [1.82, 2.24) is 10.2 Å². The average molecular weight is 387 g/mol. The monoisotopic (exact) mass is 387 g/mol. The van der Waals surface area contributed by atoms with E-state index in [-0.39, 0.29) is 11.8 Å². The molecule has 0 atom stereocenters. The number of hydrogen-bond donors (Lipinski definition) is 2. The number of carbonyl (C=O) groups is 2. The lowest BCUT2D eigenvalue weighted by molar-refractivity contribution is -0.110. The minimum Gasteiger partial charge on any atom is -0.350 e. The fraction of sp³-hybridized carbons (Fsp3) is 0.300. The molecule has 0 spiro atoms. The maximum atomic E-state index is 13.5. The highest BCUT2D eigenvalue weighted by molar-refractivity contribution is 7.15. The van der Waals surface area contributed by atoms with E-state index in [1.54, 1.807) is 24.3 Å². The average Bonchev–Trinajstić information content (AvgIpc) is 3.24. The molecule has 2 N–H and O–H groups in total. The lowest BCUT2D eigenvalue weighted by atomic mass is 10.1. The molecule has 1 aliphatic heterocycles. The van der Waals surface area contributed by atoms with Gasteiger partial charge >= 0.3 is 0 Å². The number of nitrogens with one attached hydrogen (secondary N) is 2. The number of benzene rings is 1. The van der Waals surface area contributed by atoms with E-state index in [9.17, 15) is 14.0 Å². The first-order valence-electron chi connectivity index (χ1n) is 8.95. The molecule has 27 heavy (non-hydrogen) atoms. The Balaban J connectivity index is 1.69. The Bertz CT molecular complexity index is 887. The molecule has 2 heterocycles. The zero-order valence-electron chi connectivity index (χ0n) is 15.3. The lowest BCUT2D eigenvalue weighted by Gasteiger charge is -2.17. The summed E-state index contributed by atoms with van der Waals surface area (Å²) in [7, 11) is 0. The Kier molecular flexibility index (Phi) is 6.03. The molecule has 0 unspecified atom stereocenters. The fourth-order valence-corrected chi connectivity index (χ4v) is 3.82. The second kappa shape index (κ2) is 8.45. The van der Waals surface area contributed by atoms with E-state index in [0.29, 0.717) is 28.2 Å². The number of likely N-dealkylation sites (N-methyl/N-ethyl adjacent to an activating group) is 1. The summed E-state index contributed by atoms with van der Waals surface area (Å²) in [4.78, 5) is 28.0. The molecule has 0 saturated heterocycles. The van der Waals surface area contributed by atoms with Crippen molar-refractivity contribution in [1.29, 1.82) is 0 Å². The molecular weight excluding hydrogens is 365 g/mol. The fourth-order valence-electron chi connectivity index (χ4n) is 2.95. The van der Waals surface area contributed by atoms with Crippen molar-refractivity contribution in [3.63, 3.8) is 0 Å². The van der Waals surface area contributed by atoms with Gasteiger partial charge in [-0.3, -0.25) is 9.59 Å². The summed E-state index contributed by atoms with van der Waals surface area (Å²) in [6.07, 6.45) is 1.69. The number of anilines is 1. The van der Waals surface area contributed by atoms with Crippen molar-refractivity contribution in [3.8, 4) is 0 Å². The molecule has 1 aromatic carbocycles. The molecule has 5 nitrogen and oxygen atoms in total. The van der Waals surface area contributed by atoms with Crippen molar-refractivity contribution in [2.45, 2.75) is 13.8 Å². The number of fused-ring (bicyclic) bond motifs is 1. The summed E-state index contributed by atoms with van der Waals surface area (Å²) < 4.78 is 13.5. The van der Waals surface area contributed by atoms with Crippen LogP contribution in [0, 0.1) is 5.82 Å². The molecule has 142 valence electrons. The van der Waals surface area contributed by atoms with Gasteiger partial charge in [-0.05, 0) is 49.5 Å². The van der Waals surface area contributed by atoms with Crippen molar-refractivity contribution in [2.75, 3.05) is 31.5 Å². The second-order valence-electron chi connectivity index (χ2n) is 6.19.